The highest BCUT2D eigenvalue weighted by Gasteiger charge is 2.22. The van der Waals surface area contributed by atoms with Crippen LogP contribution in [-0.2, 0) is 0 Å². The van der Waals surface area contributed by atoms with Crippen molar-refractivity contribution >= 4 is 22.1 Å². The van der Waals surface area contributed by atoms with Crippen LogP contribution in [0.25, 0.3) is 49.7 Å². The standard InChI is InChI=1S/C33H29N.C2H6/c1-3-4-5-6-13-26(34)19-18-23(2)24-11-9-12-25(22-24)27-20-21-32-29-15-8-7-14-28(29)31-17-10-16-30(27)33(31)32;1-2/h3,7-12,14-22,34H,1-2,4-6,13H2;1-2H3/b19-18-,34-26?;. The van der Waals surface area contributed by atoms with E-state index < -0.39 is 0 Å². The minimum absolute atomic E-state index is 0.647. The lowest BCUT2D eigenvalue weighted by molar-refractivity contribution is 0.778. The minimum Gasteiger partial charge on any atom is -0.305 e. The van der Waals surface area contributed by atoms with E-state index in [1.807, 2.05) is 32.1 Å². The molecule has 1 N–H and O–H groups in total. The largest absolute Gasteiger partial charge is 0.305 e. The molecule has 5 rings (SSSR count). The first-order chi connectivity index (χ1) is 17.7. The van der Waals surface area contributed by atoms with Crippen molar-refractivity contribution in [2.45, 2.75) is 39.5 Å². The van der Waals surface area contributed by atoms with E-state index in [4.69, 9.17) is 5.41 Å². The van der Waals surface area contributed by atoms with Crippen LogP contribution in [0.2, 0.25) is 0 Å². The Hall–Kier alpha value is -3.97. The number of hydrogen-bond acceptors (Lipinski definition) is 1. The van der Waals surface area contributed by atoms with Gasteiger partial charge in [-0.05, 0) is 93.1 Å². The molecule has 180 valence electrons. The smallest absolute Gasteiger partial charge is 0.0314 e. The van der Waals surface area contributed by atoms with E-state index in [2.05, 4.69) is 92.0 Å². The van der Waals surface area contributed by atoms with Crippen molar-refractivity contribution < 1.29 is 0 Å². The van der Waals surface area contributed by atoms with Crippen molar-refractivity contribution in [3.63, 3.8) is 0 Å². The Bertz CT molecular complexity index is 1420. The fourth-order valence-electron chi connectivity index (χ4n) is 4.93. The van der Waals surface area contributed by atoms with Gasteiger partial charge in [-0.3, -0.25) is 0 Å². The van der Waals surface area contributed by atoms with Crippen molar-refractivity contribution in [3.05, 3.63) is 116 Å². The second kappa shape index (κ2) is 11.6. The van der Waals surface area contributed by atoms with Crippen LogP contribution in [0.3, 0.4) is 0 Å². The summed E-state index contributed by atoms with van der Waals surface area (Å²) in [6.07, 6.45) is 9.71. The van der Waals surface area contributed by atoms with Gasteiger partial charge in [0.25, 0.3) is 0 Å². The molecule has 0 fully saturated rings. The van der Waals surface area contributed by atoms with Gasteiger partial charge in [0.1, 0.15) is 0 Å². The summed E-state index contributed by atoms with van der Waals surface area (Å²) in [5, 5.41) is 10.8. The fourth-order valence-corrected chi connectivity index (χ4v) is 4.93. The molecule has 0 unspecified atom stereocenters. The van der Waals surface area contributed by atoms with E-state index in [0.717, 1.165) is 36.8 Å². The van der Waals surface area contributed by atoms with Gasteiger partial charge < -0.3 is 5.41 Å². The highest BCUT2D eigenvalue weighted by atomic mass is 14.4. The van der Waals surface area contributed by atoms with Gasteiger partial charge in [-0.2, -0.15) is 0 Å². The maximum Gasteiger partial charge on any atom is 0.0314 e. The molecule has 4 aromatic rings. The zero-order valence-corrected chi connectivity index (χ0v) is 21.5. The van der Waals surface area contributed by atoms with Crippen molar-refractivity contribution in [3.8, 4) is 33.4 Å². The lowest BCUT2D eigenvalue weighted by Gasteiger charge is -2.11. The minimum atomic E-state index is 0.647. The quantitative estimate of drug-likeness (QED) is 0.0960. The number of unbranched alkanes of at least 4 members (excludes halogenated alkanes) is 2. The Morgan fingerprint density at radius 3 is 2.17 bits per heavy atom. The van der Waals surface area contributed by atoms with E-state index in [9.17, 15) is 0 Å². The number of nitrogens with one attached hydrogen (secondary N) is 1. The number of benzene rings is 4. The SMILES string of the molecule is C=CCCCCC(=N)/C=C\C(=C)c1cccc(-c2ccc3c4c(cccc24)-c2ccccc2-3)c1.CC. The first-order valence-electron chi connectivity index (χ1n) is 13.0. The molecule has 36 heavy (non-hydrogen) atoms. The molecular weight excluding hydrogens is 434 g/mol. The first kappa shape index (κ1) is 25.1. The number of fused-ring (bicyclic) bond motifs is 3. The zero-order valence-electron chi connectivity index (χ0n) is 21.5. The third-order valence-corrected chi connectivity index (χ3v) is 6.68. The average molecular weight is 470 g/mol. The van der Waals surface area contributed by atoms with Crippen LogP contribution in [0.4, 0.5) is 0 Å². The Balaban J connectivity index is 0.00000148. The summed E-state index contributed by atoms with van der Waals surface area (Å²) in [4.78, 5) is 0. The Morgan fingerprint density at radius 1 is 0.750 bits per heavy atom. The van der Waals surface area contributed by atoms with Gasteiger partial charge in [0, 0.05) is 5.71 Å². The van der Waals surface area contributed by atoms with Gasteiger partial charge in [0.2, 0.25) is 0 Å². The number of rotatable bonds is 9. The van der Waals surface area contributed by atoms with Crippen LogP contribution < -0.4 is 0 Å². The van der Waals surface area contributed by atoms with Crippen LogP contribution >= 0.6 is 0 Å². The Kier molecular flexibility index (Phi) is 8.13. The highest BCUT2D eigenvalue weighted by molar-refractivity contribution is 6.18. The van der Waals surface area contributed by atoms with Crippen LogP contribution in [0.5, 0.6) is 0 Å². The fraction of sp³-hybridized carbons (Fsp3) is 0.171. The van der Waals surface area contributed by atoms with Crippen molar-refractivity contribution in [1.29, 1.82) is 5.41 Å². The molecule has 0 saturated carbocycles. The predicted molar refractivity (Wildman–Crippen MR) is 160 cm³/mol. The second-order valence-corrected chi connectivity index (χ2v) is 8.93. The van der Waals surface area contributed by atoms with Gasteiger partial charge in [-0.1, -0.05) is 105 Å². The van der Waals surface area contributed by atoms with E-state index in [1.165, 1.54) is 44.2 Å². The molecule has 1 aliphatic carbocycles. The molecule has 0 atom stereocenters. The van der Waals surface area contributed by atoms with Crippen LogP contribution in [-0.4, -0.2) is 5.71 Å². The Labute approximate surface area is 216 Å². The van der Waals surface area contributed by atoms with Crippen LogP contribution in [0.1, 0.15) is 45.1 Å². The van der Waals surface area contributed by atoms with E-state index in [1.54, 1.807) is 0 Å². The van der Waals surface area contributed by atoms with Gasteiger partial charge in [-0.15, -0.1) is 6.58 Å². The summed E-state index contributed by atoms with van der Waals surface area (Å²) in [5.41, 5.74) is 10.4. The molecule has 4 aromatic carbocycles. The maximum atomic E-state index is 8.19. The molecule has 1 nitrogen and oxygen atoms in total. The topological polar surface area (TPSA) is 23.9 Å². The lowest BCUT2D eigenvalue weighted by atomic mass is 9.92. The molecule has 0 saturated heterocycles. The van der Waals surface area contributed by atoms with Crippen molar-refractivity contribution in [2.24, 2.45) is 0 Å². The third kappa shape index (κ3) is 5.02. The molecule has 1 aliphatic rings. The molecular formula is C35H35N. The molecule has 0 radical (unpaired) electrons. The summed E-state index contributed by atoms with van der Waals surface area (Å²) >= 11 is 0. The second-order valence-electron chi connectivity index (χ2n) is 8.93. The van der Waals surface area contributed by atoms with Crippen molar-refractivity contribution in [1.82, 2.24) is 0 Å². The van der Waals surface area contributed by atoms with E-state index in [0.29, 0.717) is 5.71 Å². The number of hydrogen-bond donors (Lipinski definition) is 1. The normalized spacial score (nSPS) is 11.2. The molecule has 0 aliphatic heterocycles. The zero-order chi connectivity index (χ0) is 25.5. The van der Waals surface area contributed by atoms with Gasteiger partial charge in [0.15, 0.2) is 0 Å². The van der Waals surface area contributed by atoms with Gasteiger partial charge >= 0.3 is 0 Å². The first-order valence-corrected chi connectivity index (χ1v) is 13.0. The summed E-state index contributed by atoms with van der Waals surface area (Å²) < 4.78 is 0. The van der Waals surface area contributed by atoms with Crippen molar-refractivity contribution in [2.75, 3.05) is 0 Å². The molecule has 0 heterocycles. The van der Waals surface area contributed by atoms with E-state index >= 15 is 0 Å². The summed E-state index contributed by atoms with van der Waals surface area (Å²) in [6.45, 7) is 12.0. The molecule has 0 spiro atoms. The maximum absolute atomic E-state index is 8.19. The summed E-state index contributed by atoms with van der Waals surface area (Å²) in [5.74, 6) is 0. The molecule has 0 bridgehead atoms. The molecule has 1 heteroatoms. The number of allylic oxidation sites excluding steroid dienone is 4. The summed E-state index contributed by atoms with van der Waals surface area (Å²) in [7, 11) is 0. The van der Waals surface area contributed by atoms with Crippen LogP contribution in [0, 0.1) is 5.41 Å². The monoisotopic (exact) mass is 469 g/mol. The third-order valence-electron chi connectivity index (χ3n) is 6.68. The molecule has 0 amide bonds. The highest BCUT2D eigenvalue weighted by Crippen LogP contribution is 2.49. The van der Waals surface area contributed by atoms with Crippen LogP contribution in [0.15, 0.2) is 110 Å². The predicted octanol–water partition coefficient (Wildman–Crippen LogP) is 10.5. The summed E-state index contributed by atoms with van der Waals surface area (Å²) in [6, 6.07) is 28.4. The van der Waals surface area contributed by atoms with E-state index in [-0.39, 0.29) is 0 Å². The molecule has 0 aromatic heterocycles. The average Bonchev–Trinajstić information content (AvgIpc) is 3.26. The Morgan fingerprint density at radius 2 is 1.42 bits per heavy atom. The lowest BCUT2D eigenvalue weighted by Crippen LogP contribution is -1.91. The van der Waals surface area contributed by atoms with Gasteiger partial charge in [-0.25, -0.2) is 0 Å². The van der Waals surface area contributed by atoms with Gasteiger partial charge in [0.05, 0.1) is 0 Å².